The lowest BCUT2D eigenvalue weighted by Crippen LogP contribution is -2.06. The van der Waals surface area contributed by atoms with Gasteiger partial charge in [0.15, 0.2) is 0 Å². The molecule has 0 saturated heterocycles. The third kappa shape index (κ3) is 3.49. The number of hydrogen-bond acceptors (Lipinski definition) is 2. The van der Waals surface area contributed by atoms with Gasteiger partial charge in [-0.05, 0) is 37.8 Å². The molecule has 1 saturated carbocycles. The summed E-state index contributed by atoms with van der Waals surface area (Å²) in [4.78, 5) is 0. The minimum absolute atomic E-state index is 0.304. The molecule has 0 radical (unpaired) electrons. The van der Waals surface area contributed by atoms with Crippen LogP contribution in [-0.2, 0) is 0 Å². The van der Waals surface area contributed by atoms with Crippen LogP contribution in [0.2, 0.25) is 0 Å². The monoisotopic (exact) mass is 250 g/mol. The lowest BCUT2D eigenvalue weighted by Gasteiger charge is -2.16. The van der Waals surface area contributed by atoms with E-state index in [2.05, 4.69) is 32.0 Å². The largest absolute Gasteiger partial charge is 0.388 e. The average Bonchev–Trinajstić information content (AvgIpc) is 2.78. The number of aliphatic hydroxyl groups excluding tert-OH is 1. The van der Waals surface area contributed by atoms with Gasteiger partial charge in [-0.1, -0.05) is 36.6 Å². The number of aliphatic hydroxyl groups is 1. The first-order valence-corrected chi connectivity index (χ1v) is 7.58. The molecule has 0 bridgehead atoms. The summed E-state index contributed by atoms with van der Waals surface area (Å²) in [5, 5.41) is 11.0. The fourth-order valence-electron chi connectivity index (χ4n) is 2.57. The summed E-state index contributed by atoms with van der Waals surface area (Å²) in [6, 6.07) is 6.31. The van der Waals surface area contributed by atoms with Crippen molar-refractivity contribution >= 4 is 11.8 Å². The molecule has 0 aliphatic heterocycles. The van der Waals surface area contributed by atoms with E-state index in [-0.39, 0.29) is 6.10 Å². The van der Waals surface area contributed by atoms with E-state index < -0.39 is 0 Å². The highest BCUT2D eigenvalue weighted by atomic mass is 32.2. The molecule has 1 nitrogen and oxygen atoms in total. The van der Waals surface area contributed by atoms with Crippen molar-refractivity contribution in [3.8, 4) is 0 Å². The van der Waals surface area contributed by atoms with Gasteiger partial charge in [0.2, 0.25) is 0 Å². The Bertz CT molecular complexity index is 369. The highest BCUT2D eigenvalue weighted by Gasteiger charge is 2.18. The lowest BCUT2D eigenvalue weighted by molar-refractivity contribution is 0.203. The minimum atomic E-state index is -0.304. The van der Waals surface area contributed by atoms with Crippen LogP contribution in [0.15, 0.2) is 18.2 Å². The number of rotatable bonds is 4. The van der Waals surface area contributed by atoms with Gasteiger partial charge in [-0.15, -0.1) is 0 Å². The second-order valence-corrected chi connectivity index (χ2v) is 6.45. The van der Waals surface area contributed by atoms with E-state index in [1.807, 2.05) is 11.8 Å². The van der Waals surface area contributed by atoms with Crippen LogP contribution in [0.4, 0.5) is 0 Å². The molecular weight excluding hydrogens is 228 g/mol. The van der Waals surface area contributed by atoms with E-state index in [0.717, 1.165) is 16.6 Å². The van der Waals surface area contributed by atoms with E-state index >= 15 is 0 Å². The van der Waals surface area contributed by atoms with Crippen molar-refractivity contribution in [1.29, 1.82) is 0 Å². The Morgan fingerprint density at radius 1 is 1.29 bits per heavy atom. The maximum absolute atomic E-state index is 10.2. The van der Waals surface area contributed by atoms with Crippen LogP contribution in [0.5, 0.6) is 0 Å². The van der Waals surface area contributed by atoms with Crippen LogP contribution in [0.1, 0.15) is 48.5 Å². The standard InChI is InChI=1S/C15H22OS/c1-11-7-8-14(12(2)9-11)15(16)10-17-13-5-3-4-6-13/h7-9,13,15-16H,3-6,10H2,1-2H3. The predicted octanol–water partition coefficient (Wildman–Crippen LogP) is 4.01. The Hall–Kier alpha value is -0.470. The minimum Gasteiger partial charge on any atom is -0.388 e. The van der Waals surface area contributed by atoms with Gasteiger partial charge in [0.05, 0.1) is 6.10 Å². The molecule has 17 heavy (non-hydrogen) atoms. The first-order valence-electron chi connectivity index (χ1n) is 6.53. The van der Waals surface area contributed by atoms with Crippen LogP contribution in [0.25, 0.3) is 0 Å². The van der Waals surface area contributed by atoms with Crippen LogP contribution in [-0.4, -0.2) is 16.1 Å². The van der Waals surface area contributed by atoms with Gasteiger partial charge in [-0.3, -0.25) is 0 Å². The third-order valence-electron chi connectivity index (χ3n) is 3.58. The van der Waals surface area contributed by atoms with Gasteiger partial charge < -0.3 is 5.11 Å². The van der Waals surface area contributed by atoms with E-state index in [1.54, 1.807) is 0 Å². The summed E-state index contributed by atoms with van der Waals surface area (Å²) in [6.07, 6.45) is 5.12. The van der Waals surface area contributed by atoms with Gasteiger partial charge >= 0.3 is 0 Å². The van der Waals surface area contributed by atoms with Gasteiger partial charge in [0.1, 0.15) is 0 Å². The molecule has 1 fully saturated rings. The van der Waals surface area contributed by atoms with Crippen LogP contribution in [0, 0.1) is 13.8 Å². The molecule has 1 atom stereocenters. The Morgan fingerprint density at radius 3 is 2.65 bits per heavy atom. The van der Waals surface area contributed by atoms with Crippen molar-refractivity contribution in [3.05, 3.63) is 34.9 Å². The SMILES string of the molecule is Cc1ccc(C(O)CSC2CCCC2)c(C)c1. The molecule has 0 aromatic heterocycles. The molecule has 0 amide bonds. The van der Waals surface area contributed by atoms with Crippen molar-refractivity contribution in [2.24, 2.45) is 0 Å². The number of thioether (sulfide) groups is 1. The van der Waals surface area contributed by atoms with E-state index in [0.29, 0.717) is 0 Å². The highest BCUT2D eigenvalue weighted by Crippen LogP contribution is 2.32. The van der Waals surface area contributed by atoms with Gasteiger partial charge in [0.25, 0.3) is 0 Å². The summed E-state index contributed by atoms with van der Waals surface area (Å²) in [7, 11) is 0. The highest BCUT2D eigenvalue weighted by molar-refractivity contribution is 7.99. The molecule has 1 aliphatic carbocycles. The summed E-state index contributed by atoms with van der Waals surface area (Å²) < 4.78 is 0. The Kier molecular flexibility index (Phi) is 4.52. The Labute approximate surface area is 109 Å². The summed E-state index contributed by atoms with van der Waals surface area (Å²) in [6.45, 7) is 4.18. The molecule has 94 valence electrons. The van der Waals surface area contributed by atoms with Gasteiger partial charge in [0, 0.05) is 11.0 Å². The fraction of sp³-hybridized carbons (Fsp3) is 0.600. The maximum atomic E-state index is 10.2. The van der Waals surface area contributed by atoms with Crippen LogP contribution in [0.3, 0.4) is 0 Å². The van der Waals surface area contributed by atoms with Crippen molar-refractivity contribution < 1.29 is 5.11 Å². The van der Waals surface area contributed by atoms with E-state index in [1.165, 1.54) is 36.8 Å². The normalized spacial score (nSPS) is 18.5. The quantitative estimate of drug-likeness (QED) is 0.871. The summed E-state index contributed by atoms with van der Waals surface area (Å²) >= 11 is 1.95. The Morgan fingerprint density at radius 2 is 2.00 bits per heavy atom. The van der Waals surface area contributed by atoms with Crippen molar-refractivity contribution in [3.63, 3.8) is 0 Å². The second-order valence-electron chi connectivity index (χ2n) is 5.12. The predicted molar refractivity (Wildman–Crippen MR) is 75.6 cm³/mol. The van der Waals surface area contributed by atoms with E-state index in [4.69, 9.17) is 0 Å². The zero-order valence-electron chi connectivity index (χ0n) is 10.8. The smallest absolute Gasteiger partial charge is 0.0883 e. The number of hydrogen-bond donors (Lipinski definition) is 1. The van der Waals surface area contributed by atoms with Gasteiger partial charge in [-0.25, -0.2) is 0 Å². The molecule has 2 rings (SSSR count). The first-order chi connectivity index (χ1) is 8.16. The molecule has 0 heterocycles. The molecule has 1 aromatic carbocycles. The summed E-state index contributed by atoms with van der Waals surface area (Å²) in [5.41, 5.74) is 3.58. The summed E-state index contributed by atoms with van der Waals surface area (Å²) in [5.74, 6) is 0.842. The zero-order valence-corrected chi connectivity index (χ0v) is 11.6. The van der Waals surface area contributed by atoms with Crippen molar-refractivity contribution in [1.82, 2.24) is 0 Å². The number of benzene rings is 1. The topological polar surface area (TPSA) is 20.2 Å². The van der Waals surface area contributed by atoms with Crippen molar-refractivity contribution in [2.75, 3.05) is 5.75 Å². The maximum Gasteiger partial charge on any atom is 0.0883 e. The fourth-order valence-corrected chi connectivity index (χ4v) is 3.87. The van der Waals surface area contributed by atoms with Crippen molar-refractivity contribution in [2.45, 2.75) is 50.9 Å². The molecule has 1 aromatic rings. The molecule has 1 N–H and O–H groups in total. The number of aryl methyl sites for hydroxylation is 2. The van der Waals surface area contributed by atoms with Crippen LogP contribution < -0.4 is 0 Å². The molecular formula is C15H22OS. The van der Waals surface area contributed by atoms with E-state index in [9.17, 15) is 5.11 Å². The lowest BCUT2D eigenvalue weighted by atomic mass is 10.0. The van der Waals surface area contributed by atoms with Crippen LogP contribution >= 0.6 is 11.8 Å². The molecule has 2 heteroatoms. The molecule has 0 spiro atoms. The van der Waals surface area contributed by atoms with Gasteiger partial charge in [-0.2, -0.15) is 11.8 Å². The molecule has 1 unspecified atom stereocenters. The Balaban J connectivity index is 1.91. The molecule has 1 aliphatic rings. The first kappa shape index (κ1) is 13.0. The second kappa shape index (κ2) is 5.92. The zero-order chi connectivity index (χ0) is 12.3. The third-order valence-corrected chi connectivity index (χ3v) is 5.03. The average molecular weight is 250 g/mol.